The Balaban J connectivity index is 1.89. The van der Waals surface area contributed by atoms with Gasteiger partial charge in [-0.1, -0.05) is 53.5 Å². The van der Waals surface area contributed by atoms with E-state index >= 15 is 0 Å². The van der Waals surface area contributed by atoms with E-state index in [2.05, 4.69) is 35.1 Å². The maximum atomic E-state index is 11.9. The number of rotatable bonds is 6. The van der Waals surface area contributed by atoms with Crippen LogP contribution in [0, 0.1) is 0 Å². The van der Waals surface area contributed by atoms with E-state index in [0.29, 0.717) is 22.4 Å². The maximum Gasteiger partial charge on any atom is 0.262 e. The van der Waals surface area contributed by atoms with Gasteiger partial charge < -0.3 is 10.1 Å². The average Bonchev–Trinajstić information content (AvgIpc) is 2.55. The molecule has 2 aromatic carbocycles. The summed E-state index contributed by atoms with van der Waals surface area (Å²) >= 11 is 9.39. The Bertz CT molecular complexity index is 673. The van der Waals surface area contributed by atoms with Crippen molar-refractivity contribution in [2.45, 2.75) is 26.2 Å². The van der Waals surface area contributed by atoms with Crippen LogP contribution in [-0.4, -0.2) is 12.5 Å². The molecule has 0 aliphatic heterocycles. The monoisotopic (exact) mass is 395 g/mol. The molecule has 3 nitrogen and oxygen atoms in total. The summed E-state index contributed by atoms with van der Waals surface area (Å²) in [7, 11) is 0. The molecule has 0 spiro atoms. The molecule has 0 heterocycles. The van der Waals surface area contributed by atoms with Crippen LogP contribution >= 0.6 is 27.5 Å². The van der Waals surface area contributed by atoms with Crippen molar-refractivity contribution in [1.29, 1.82) is 0 Å². The zero-order valence-corrected chi connectivity index (χ0v) is 15.4. The van der Waals surface area contributed by atoms with Crippen molar-refractivity contribution in [2.24, 2.45) is 0 Å². The van der Waals surface area contributed by atoms with Gasteiger partial charge in [0.25, 0.3) is 5.91 Å². The molecule has 2 aromatic rings. The fourth-order valence-electron chi connectivity index (χ4n) is 2.05. The molecule has 0 unspecified atom stereocenters. The number of carbonyl (C=O) groups is 1. The fourth-order valence-corrected chi connectivity index (χ4v) is 2.77. The Morgan fingerprint density at radius 2 is 1.96 bits per heavy atom. The molecule has 122 valence electrons. The first-order chi connectivity index (χ1) is 11.0. The first-order valence-corrected chi connectivity index (χ1v) is 8.64. The number of anilines is 1. The molecule has 0 aliphatic rings. The topological polar surface area (TPSA) is 38.3 Å². The lowest BCUT2D eigenvalue weighted by atomic mass is 9.99. The van der Waals surface area contributed by atoms with Crippen molar-refractivity contribution < 1.29 is 9.53 Å². The zero-order valence-electron chi connectivity index (χ0n) is 13.1. The summed E-state index contributed by atoms with van der Waals surface area (Å²) in [6.07, 6.45) is 1.09. The second kappa shape index (κ2) is 8.37. The van der Waals surface area contributed by atoms with Crippen LogP contribution in [-0.2, 0) is 4.79 Å². The Morgan fingerprint density at radius 3 is 2.57 bits per heavy atom. The number of amides is 1. The van der Waals surface area contributed by atoms with E-state index in [9.17, 15) is 4.79 Å². The van der Waals surface area contributed by atoms with E-state index in [1.807, 2.05) is 30.3 Å². The van der Waals surface area contributed by atoms with E-state index in [4.69, 9.17) is 16.3 Å². The Morgan fingerprint density at radius 1 is 1.26 bits per heavy atom. The van der Waals surface area contributed by atoms with Gasteiger partial charge in [-0.3, -0.25) is 4.79 Å². The van der Waals surface area contributed by atoms with Crippen LogP contribution < -0.4 is 10.1 Å². The van der Waals surface area contributed by atoms with E-state index in [1.165, 1.54) is 5.56 Å². The smallest absolute Gasteiger partial charge is 0.262 e. The Hall–Kier alpha value is -1.52. The van der Waals surface area contributed by atoms with Gasteiger partial charge in [-0.15, -0.1) is 0 Å². The summed E-state index contributed by atoms with van der Waals surface area (Å²) in [6, 6.07) is 13.1. The first-order valence-electron chi connectivity index (χ1n) is 7.47. The zero-order chi connectivity index (χ0) is 16.8. The van der Waals surface area contributed by atoms with Crippen molar-refractivity contribution in [3.8, 4) is 5.75 Å². The van der Waals surface area contributed by atoms with E-state index in [0.717, 1.165) is 10.9 Å². The number of carbonyl (C=O) groups excluding carboxylic acids is 1. The molecule has 2 rings (SSSR count). The van der Waals surface area contributed by atoms with Crippen LogP contribution in [0.5, 0.6) is 5.75 Å². The predicted octanol–water partition coefficient (Wildman–Crippen LogP) is 5.63. The minimum atomic E-state index is -0.250. The third kappa shape index (κ3) is 5.26. The van der Waals surface area contributed by atoms with Gasteiger partial charge in [0.2, 0.25) is 0 Å². The van der Waals surface area contributed by atoms with Crippen LogP contribution in [0.4, 0.5) is 5.69 Å². The number of ether oxygens (including phenoxy) is 1. The third-order valence-electron chi connectivity index (χ3n) is 3.64. The third-order valence-corrected chi connectivity index (χ3v) is 4.44. The van der Waals surface area contributed by atoms with Gasteiger partial charge in [0, 0.05) is 4.47 Å². The molecule has 5 heteroatoms. The second-order valence-electron chi connectivity index (χ2n) is 5.34. The van der Waals surface area contributed by atoms with Gasteiger partial charge in [-0.2, -0.15) is 0 Å². The second-order valence-corrected chi connectivity index (χ2v) is 6.66. The Kier molecular flexibility index (Phi) is 6.48. The normalized spacial score (nSPS) is 11.8. The van der Waals surface area contributed by atoms with Crippen molar-refractivity contribution in [1.82, 2.24) is 0 Å². The van der Waals surface area contributed by atoms with E-state index in [-0.39, 0.29) is 12.5 Å². The first kappa shape index (κ1) is 17.8. The van der Waals surface area contributed by atoms with Crippen LogP contribution in [0.2, 0.25) is 5.02 Å². The van der Waals surface area contributed by atoms with Gasteiger partial charge in [-0.25, -0.2) is 0 Å². The molecular formula is C18H19BrClNO2. The summed E-state index contributed by atoms with van der Waals surface area (Å²) in [5.74, 6) is 0.946. The minimum absolute atomic E-state index is 0.0604. The highest BCUT2D eigenvalue weighted by molar-refractivity contribution is 9.10. The molecular weight excluding hydrogens is 378 g/mol. The minimum Gasteiger partial charge on any atom is -0.484 e. The molecule has 0 saturated carbocycles. The van der Waals surface area contributed by atoms with Crippen molar-refractivity contribution in [3.63, 3.8) is 0 Å². The van der Waals surface area contributed by atoms with Crippen molar-refractivity contribution in [2.75, 3.05) is 11.9 Å². The molecule has 0 aliphatic carbocycles. The van der Waals surface area contributed by atoms with Gasteiger partial charge >= 0.3 is 0 Å². The van der Waals surface area contributed by atoms with E-state index < -0.39 is 0 Å². The lowest BCUT2D eigenvalue weighted by Crippen LogP contribution is -2.20. The molecule has 0 radical (unpaired) electrons. The predicted molar refractivity (Wildman–Crippen MR) is 98.4 cm³/mol. The molecule has 0 fully saturated rings. The molecule has 1 N–H and O–H groups in total. The lowest BCUT2D eigenvalue weighted by Gasteiger charge is -2.11. The van der Waals surface area contributed by atoms with Crippen molar-refractivity contribution >= 4 is 39.1 Å². The molecule has 0 saturated heterocycles. The van der Waals surface area contributed by atoms with Gasteiger partial charge in [0.15, 0.2) is 6.61 Å². The Labute approximate surface area is 150 Å². The number of hydrogen-bond donors (Lipinski definition) is 1. The molecule has 1 atom stereocenters. The average molecular weight is 397 g/mol. The summed E-state index contributed by atoms with van der Waals surface area (Å²) in [6.45, 7) is 4.28. The van der Waals surface area contributed by atoms with Crippen molar-refractivity contribution in [3.05, 3.63) is 57.5 Å². The number of halogens is 2. The molecule has 1 amide bonds. The standard InChI is InChI=1S/C18H19BrClNO2/c1-3-12(2)13-4-7-15(8-5-13)23-11-18(22)21-17-9-6-14(19)10-16(17)20/h4-10,12H,3,11H2,1-2H3,(H,21,22)/t12-/m1/s1. The summed E-state index contributed by atoms with van der Waals surface area (Å²) in [5.41, 5.74) is 1.83. The highest BCUT2D eigenvalue weighted by atomic mass is 79.9. The molecule has 0 bridgehead atoms. The largest absolute Gasteiger partial charge is 0.484 e. The van der Waals surface area contributed by atoms with Gasteiger partial charge in [0.05, 0.1) is 10.7 Å². The van der Waals surface area contributed by atoms with Gasteiger partial charge in [0.1, 0.15) is 5.75 Å². The van der Waals surface area contributed by atoms with E-state index in [1.54, 1.807) is 12.1 Å². The summed E-state index contributed by atoms with van der Waals surface area (Å²) < 4.78 is 6.37. The molecule has 23 heavy (non-hydrogen) atoms. The fraction of sp³-hybridized carbons (Fsp3) is 0.278. The highest BCUT2D eigenvalue weighted by Gasteiger charge is 2.08. The summed E-state index contributed by atoms with van der Waals surface area (Å²) in [4.78, 5) is 11.9. The number of nitrogens with one attached hydrogen (secondary N) is 1. The van der Waals surface area contributed by atoms with Gasteiger partial charge in [-0.05, 0) is 48.2 Å². The summed E-state index contributed by atoms with van der Waals surface area (Å²) in [5, 5.41) is 3.21. The van der Waals surface area contributed by atoms with Crippen LogP contribution in [0.3, 0.4) is 0 Å². The van der Waals surface area contributed by atoms with Crippen LogP contribution in [0.1, 0.15) is 31.7 Å². The number of benzene rings is 2. The number of hydrogen-bond acceptors (Lipinski definition) is 2. The molecule has 0 aromatic heterocycles. The lowest BCUT2D eigenvalue weighted by molar-refractivity contribution is -0.118. The maximum absolute atomic E-state index is 11.9. The van der Waals surface area contributed by atoms with Crippen LogP contribution in [0.25, 0.3) is 0 Å². The van der Waals surface area contributed by atoms with Crippen LogP contribution in [0.15, 0.2) is 46.9 Å². The quantitative estimate of drug-likeness (QED) is 0.687. The SMILES string of the molecule is CC[C@@H](C)c1ccc(OCC(=O)Nc2ccc(Br)cc2Cl)cc1. The highest BCUT2D eigenvalue weighted by Crippen LogP contribution is 2.25.